The largest absolute Gasteiger partial charge is 0.465 e. The maximum Gasteiger partial charge on any atom is 0.310 e. The van der Waals surface area contributed by atoms with Gasteiger partial charge in [-0.2, -0.15) is 0 Å². The van der Waals surface area contributed by atoms with Gasteiger partial charge in [0.05, 0.1) is 18.7 Å². The lowest BCUT2D eigenvalue weighted by atomic mass is 10.1. The van der Waals surface area contributed by atoms with E-state index in [0.717, 1.165) is 29.9 Å². The van der Waals surface area contributed by atoms with Crippen LogP contribution in [0.3, 0.4) is 0 Å². The van der Waals surface area contributed by atoms with E-state index in [1.165, 1.54) is 11.3 Å². The summed E-state index contributed by atoms with van der Waals surface area (Å²) in [6, 6.07) is 7.58. The van der Waals surface area contributed by atoms with Gasteiger partial charge in [-0.25, -0.2) is 4.99 Å². The van der Waals surface area contributed by atoms with Crippen LogP contribution in [0.1, 0.15) is 38.0 Å². The van der Waals surface area contributed by atoms with Crippen LogP contribution in [0, 0.1) is 12.8 Å². The normalized spacial score (nSPS) is 13.1. The summed E-state index contributed by atoms with van der Waals surface area (Å²) in [6.07, 6.45) is 2.39. The van der Waals surface area contributed by atoms with Gasteiger partial charge in [-0.1, -0.05) is 49.8 Å². The Balaban J connectivity index is 2.04. The van der Waals surface area contributed by atoms with Crippen molar-refractivity contribution in [2.75, 3.05) is 6.61 Å². The predicted molar refractivity (Wildman–Crippen MR) is 91.7 cm³/mol. The van der Waals surface area contributed by atoms with Crippen molar-refractivity contribution in [2.24, 2.45) is 10.9 Å². The Morgan fingerprint density at radius 1 is 1.39 bits per heavy atom. The van der Waals surface area contributed by atoms with Crippen LogP contribution in [0.15, 0.2) is 39.1 Å². The number of hydrogen-bond donors (Lipinski definition) is 0. The number of esters is 1. The zero-order chi connectivity index (χ0) is 16.7. The minimum atomic E-state index is -0.213. The van der Waals surface area contributed by atoms with E-state index in [1.54, 1.807) is 0 Å². The number of ether oxygens (including phenoxy) is 1. The van der Waals surface area contributed by atoms with Crippen LogP contribution in [-0.2, 0) is 16.0 Å². The number of carbonyl (C=O) groups is 1. The zero-order valence-corrected chi connectivity index (χ0v) is 14.7. The molecule has 124 valence electrons. The van der Waals surface area contributed by atoms with Gasteiger partial charge in [0, 0.05) is 5.38 Å². The van der Waals surface area contributed by atoms with Gasteiger partial charge in [-0.3, -0.25) is 4.79 Å². The highest BCUT2D eigenvalue weighted by Gasteiger charge is 2.11. The molecule has 0 amide bonds. The van der Waals surface area contributed by atoms with E-state index in [0.29, 0.717) is 17.4 Å². The van der Waals surface area contributed by atoms with Crippen molar-refractivity contribution in [3.05, 3.63) is 45.8 Å². The van der Waals surface area contributed by atoms with Gasteiger partial charge in [-0.05, 0) is 30.9 Å². The van der Waals surface area contributed by atoms with Crippen LogP contribution in [0.5, 0.6) is 0 Å². The highest BCUT2D eigenvalue weighted by Crippen LogP contribution is 2.19. The first-order valence-electron chi connectivity index (χ1n) is 7.92. The Morgan fingerprint density at radius 3 is 2.87 bits per heavy atom. The SMILES string of the molecule is CCCC(C)COC(=O)Cc1ccccc1N=c1oc(C)cs1. The van der Waals surface area contributed by atoms with Crippen molar-refractivity contribution in [1.29, 1.82) is 0 Å². The van der Waals surface area contributed by atoms with Crippen LogP contribution >= 0.6 is 11.3 Å². The molecule has 23 heavy (non-hydrogen) atoms. The van der Waals surface area contributed by atoms with Gasteiger partial charge in [0.15, 0.2) is 0 Å². The molecule has 0 saturated carbocycles. The molecule has 0 fully saturated rings. The lowest BCUT2D eigenvalue weighted by molar-refractivity contribution is -0.144. The lowest BCUT2D eigenvalue weighted by Crippen LogP contribution is -2.14. The minimum absolute atomic E-state index is 0.213. The topological polar surface area (TPSA) is 51.8 Å². The van der Waals surface area contributed by atoms with Crippen molar-refractivity contribution < 1.29 is 13.9 Å². The number of para-hydroxylation sites is 1. The molecule has 2 rings (SSSR count). The molecule has 1 aromatic heterocycles. The first-order chi connectivity index (χ1) is 11.1. The highest BCUT2D eigenvalue weighted by atomic mass is 32.1. The van der Waals surface area contributed by atoms with Gasteiger partial charge in [0.1, 0.15) is 5.76 Å². The summed E-state index contributed by atoms with van der Waals surface area (Å²) in [6.45, 7) is 6.59. The van der Waals surface area contributed by atoms with Crippen molar-refractivity contribution >= 4 is 23.0 Å². The van der Waals surface area contributed by atoms with E-state index in [1.807, 2.05) is 36.6 Å². The molecule has 2 aromatic rings. The average Bonchev–Trinajstić information content (AvgIpc) is 2.93. The van der Waals surface area contributed by atoms with Crippen LogP contribution in [0.2, 0.25) is 0 Å². The molecule has 4 nitrogen and oxygen atoms in total. The molecule has 0 aliphatic rings. The third kappa shape index (κ3) is 5.67. The van der Waals surface area contributed by atoms with Crippen LogP contribution in [0.4, 0.5) is 5.69 Å². The van der Waals surface area contributed by atoms with Crippen LogP contribution in [-0.4, -0.2) is 12.6 Å². The summed E-state index contributed by atoms with van der Waals surface area (Å²) in [5.41, 5.74) is 1.60. The number of rotatable bonds is 7. The average molecular weight is 333 g/mol. The molecule has 0 spiro atoms. The maximum absolute atomic E-state index is 12.0. The molecule has 0 aliphatic carbocycles. The summed E-state index contributed by atoms with van der Waals surface area (Å²) >= 11 is 1.44. The molecule has 0 radical (unpaired) electrons. The molecule has 0 bridgehead atoms. The number of aryl methyl sites for hydroxylation is 1. The molecular formula is C18H23NO3S. The van der Waals surface area contributed by atoms with E-state index in [4.69, 9.17) is 9.15 Å². The lowest BCUT2D eigenvalue weighted by Gasteiger charge is -2.11. The molecule has 1 heterocycles. The zero-order valence-electron chi connectivity index (χ0n) is 13.9. The molecule has 5 heteroatoms. The second-order valence-corrected chi connectivity index (χ2v) is 6.53. The fourth-order valence-electron chi connectivity index (χ4n) is 2.25. The highest BCUT2D eigenvalue weighted by molar-refractivity contribution is 7.06. The van der Waals surface area contributed by atoms with Crippen molar-refractivity contribution in [3.63, 3.8) is 0 Å². The number of benzene rings is 1. The third-order valence-electron chi connectivity index (χ3n) is 3.42. The summed E-state index contributed by atoms with van der Waals surface area (Å²) in [5.74, 6) is 1.02. The Morgan fingerprint density at radius 2 is 2.17 bits per heavy atom. The predicted octanol–water partition coefficient (Wildman–Crippen LogP) is 4.40. The first-order valence-corrected chi connectivity index (χ1v) is 8.80. The molecule has 0 saturated heterocycles. The fourth-order valence-corrected chi connectivity index (χ4v) is 2.90. The molecular weight excluding hydrogens is 310 g/mol. The van der Waals surface area contributed by atoms with Gasteiger partial charge < -0.3 is 9.15 Å². The molecule has 1 aromatic carbocycles. The standard InChI is InChI=1S/C18H23NO3S/c1-4-7-13(2)11-21-17(20)10-15-8-5-6-9-16(15)19-18-22-14(3)12-23-18/h5-6,8-9,12-13H,4,7,10-11H2,1-3H3. The molecule has 0 aliphatic heterocycles. The van der Waals surface area contributed by atoms with Crippen molar-refractivity contribution in [2.45, 2.75) is 40.0 Å². The van der Waals surface area contributed by atoms with Crippen LogP contribution < -0.4 is 4.87 Å². The Hall–Kier alpha value is -1.88. The summed E-state index contributed by atoms with van der Waals surface area (Å²) in [5, 5.41) is 1.91. The van der Waals surface area contributed by atoms with Gasteiger partial charge in [0.25, 0.3) is 4.87 Å². The second kappa shape index (κ2) is 8.67. The van der Waals surface area contributed by atoms with Gasteiger partial charge >= 0.3 is 5.97 Å². The third-order valence-corrected chi connectivity index (χ3v) is 4.25. The number of nitrogens with zero attached hydrogens (tertiary/aromatic N) is 1. The smallest absolute Gasteiger partial charge is 0.310 e. The van der Waals surface area contributed by atoms with Gasteiger partial charge in [-0.15, -0.1) is 0 Å². The first kappa shape index (κ1) is 17.5. The van der Waals surface area contributed by atoms with E-state index in [2.05, 4.69) is 18.8 Å². The Kier molecular flexibility index (Phi) is 6.59. The number of carbonyl (C=O) groups excluding carboxylic acids is 1. The molecule has 0 N–H and O–H groups in total. The summed E-state index contributed by atoms with van der Waals surface area (Å²) in [4.78, 5) is 17.1. The van der Waals surface area contributed by atoms with E-state index in [-0.39, 0.29) is 12.4 Å². The van der Waals surface area contributed by atoms with Crippen molar-refractivity contribution in [1.82, 2.24) is 0 Å². The Bertz CT molecular complexity index is 702. The second-order valence-electron chi connectivity index (χ2n) is 5.71. The van der Waals surface area contributed by atoms with Crippen LogP contribution in [0.25, 0.3) is 0 Å². The van der Waals surface area contributed by atoms with Crippen molar-refractivity contribution in [3.8, 4) is 0 Å². The maximum atomic E-state index is 12.0. The summed E-state index contributed by atoms with van der Waals surface area (Å²) in [7, 11) is 0. The minimum Gasteiger partial charge on any atom is -0.465 e. The quantitative estimate of drug-likeness (QED) is 0.706. The fraction of sp³-hybridized carbons (Fsp3) is 0.444. The molecule has 1 atom stereocenters. The van der Waals surface area contributed by atoms with E-state index >= 15 is 0 Å². The van der Waals surface area contributed by atoms with Gasteiger partial charge in [0.2, 0.25) is 0 Å². The Labute approximate surface area is 140 Å². The summed E-state index contributed by atoms with van der Waals surface area (Å²) < 4.78 is 10.9. The number of hydrogen-bond acceptors (Lipinski definition) is 5. The van der Waals surface area contributed by atoms with E-state index < -0.39 is 0 Å². The van der Waals surface area contributed by atoms with E-state index in [9.17, 15) is 4.79 Å². The molecule has 1 unspecified atom stereocenters. The monoisotopic (exact) mass is 333 g/mol.